The number of para-hydroxylation sites is 3. The van der Waals surface area contributed by atoms with Gasteiger partial charge in [0.1, 0.15) is 50.4 Å². The fourth-order valence-corrected chi connectivity index (χ4v) is 8.29. The van der Waals surface area contributed by atoms with Crippen molar-refractivity contribution < 1.29 is 4.42 Å². The first-order valence-electron chi connectivity index (χ1n) is 18.1. The quantitative estimate of drug-likeness (QED) is 0.270. The van der Waals surface area contributed by atoms with E-state index in [9.17, 15) is 0 Å². The molecule has 0 radical (unpaired) electrons. The van der Waals surface area contributed by atoms with Gasteiger partial charge < -0.3 is 4.42 Å². The predicted octanol–water partition coefficient (Wildman–Crippen LogP) is 2.31. The second kappa shape index (κ2) is 11.9. The number of hydrogen-bond acceptors (Lipinski definition) is 4. The Hall–Kier alpha value is -6.27. The van der Waals surface area contributed by atoms with Gasteiger partial charge in [0.05, 0.1) is 16.6 Å². The Labute approximate surface area is 311 Å². The van der Waals surface area contributed by atoms with E-state index in [2.05, 4.69) is 171 Å². The SMILES string of the molecule is Bc1c(B)c(B)c(-c2nc(-c3cccc4c3oc3cccc(-c5ccc6ccccc6c5)c34)nc(-n3c4ccccc4c4ccccc43)n2)c(B)c1B. The van der Waals surface area contributed by atoms with Gasteiger partial charge in [0.15, 0.2) is 11.6 Å². The average molecular weight is 674 g/mol. The lowest BCUT2D eigenvalue weighted by Gasteiger charge is -2.20. The molecule has 0 saturated heterocycles. The van der Waals surface area contributed by atoms with Crippen LogP contribution in [0.25, 0.3) is 94.4 Å². The summed E-state index contributed by atoms with van der Waals surface area (Å²) in [6, 6.07) is 44.7. The molecule has 0 amide bonds. The van der Waals surface area contributed by atoms with Crippen molar-refractivity contribution in [3.8, 4) is 39.9 Å². The first-order chi connectivity index (χ1) is 25.9. The van der Waals surface area contributed by atoms with Gasteiger partial charge in [0.2, 0.25) is 5.95 Å². The zero-order valence-corrected chi connectivity index (χ0v) is 30.3. The summed E-state index contributed by atoms with van der Waals surface area (Å²) in [5.74, 6) is 1.79. The average Bonchev–Trinajstić information content (AvgIpc) is 3.75. The normalized spacial score (nSPS) is 11.8. The van der Waals surface area contributed by atoms with Crippen LogP contribution < -0.4 is 27.3 Å². The third-order valence-electron chi connectivity index (χ3n) is 11.5. The molecule has 0 atom stereocenters. The third kappa shape index (κ3) is 4.75. The van der Waals surface area contributed by atoms with Gasteiger partial charge in [-0.2, -0.15) is 9.97 Å². The van der Waals surface area contributed by atoms with Crippen molar-refractivity contribution in [1.29, 1.82) is 0 Å². The number of fused-ring (bicyclic) bond motifs is 7. The molecule has 0 bridgehead atoms. The molecule has 3 aromatic heterocycles. The Morgan fingerprint density at radius 1 is 0.472 bits per heavy atom. The highest BCUT2D eigenvalue weighted by atomic mass is 16.3. The fourth-order valence-electron chi connectivity index (χ4n) is 8.29. The molecule has 244 valence electrons. The van der Waals surface area contributed by atoms with Gasteiger partial charge in [-0.1, -0.05) is 108 Å². The molecule has 0 saturated carbocycles. The summed E-state index contributed by atoms with van der Waals surface area (Å²) < 4.78 is 8.97. The lowest BCUT2D eigenvalue weighted by molar-refractivity contribution is 0.669. The number of nitrogens with zero attached hydrogens (tertiary/aromatic N) is 4. The van der Waals surface area contributed by atoms with E-state index in [1.54, 1.807) is 0 Å². The zero-order valence-electron chi connectivity index (χ0n) is 30.3. The molecule has 0 aliphatic carbocycles. The van der Waals surface area contributed by atoms with Crippen LogP contribution in [0.15, 0.2) is 132 Å². The summed E-state index contributed by atoms with van der Waals surface area (Å²) in [5.41, 5.74) is 14.0. The standard InChI is InChI=1S/C43H31B5N4O/c44-35-34(36(45)38(47)39(48)37(35)46)42-49-41(50-43(51-42)52-30-16-5-3-11-26(30)27-12-4-6-17-31(27)52)29-15-7-14-28-33-25(13-8-18-32(33)53-40(28)29)24-20-19-22-9-1-2-10-23(22)21-24/h1-21H,44-48H2. The van der Waals surface area contributed by atoms with E-state index < -0.39 is 0 Å². The minimum absolute atomic E-state index is 0.568. The summed E-state index contributed by atoms with van der Waals surface area (Å²) >= 11 is 0. The van der Waals surface area contributed by atoms with E-state index in [0.717, 1.165) is 66.0 Å². The van der Waals surface area contributed by atoms with Gasteiger partial charge in [0.25, 0.3) is 0 Å². The molecular weight excluding hydrogens is 643 g/mol. The molecular formula is C43H31B5N4O. The van der Waals surface area contributed by atoms with E-state index >= 15 is 0 Å². The van der Waals surface area contributed by atoms with Gasteiger partial charge >= 0.3 is 0 Å². The van der Waals surface area contributed by atoms with E-state index in [1.807, 2.05) is 0 Å². The zero-order chi connectivity index (χ0) is 36.0. The molecule has 0 spiro atoms. The Bertz CT molecular complexity index is 3070. The molecule has 10 aromatic rings. The maximum Gasteiger partial charge on any atom is 0.238 e. The van der Waals surface area contributed by atoms with Gasteiger partial charge in [0, 0.05) is 27.1 Å². The highest BCUT2D eigenvalue weighted by Gasteiger charge is 2.23. The van der Waals surface area contributed by atoms with Crippen molar-refractivity contribution in [1.82, 2.24) is 19.5 Å². The smallest absolute Gasteiger partial charge is 0.238 e. The van der Waals surface area contributed by atoms with E-state index in [4.69, 9.17) is 19.4 Å². The summed E-state index contributed by atoms with van der Waals surface area (Å²) in [4.78, 5) is 15.9. The van der Waals surface area contributed by atoms with Crippen molar-refractivity contribution >= 4 is 121 Å². The Morgan fingerprint density at radius 2 is 1.06 bits per heavy atom. The molecule has 10 heteroatoms. The first-order valence-corrected chi connectivity index (χ1v) is 18.1. The molecule has 0 N–H and O–H groups in total. The van der Waals surface area contributed by atoms with Crippen molar-refractivity contribution in [2.45, 2.75) is 0 Å². The fraction of sp³-hybridized carbons (Fsp3) is 0. The molecule has 5 nitrogen and oxygen atoms in total. The van der Waals surface area contributed by atoms with Crippen molar-refractivity contribution in [3.63, 3.8) is 0 Å². The Kier molecular flexibility index (Phi) is 7.06. The number of benzene rings is 7. The minimum atomic E-state index is 0.568. The van der Waals surface area contributed by atoms with Crippen LogP contribution in [0.1, 0.15) is 0 Å². The van der Waals surface area contributed by atoms with Crippen LogP contribution >= 0.6 is 0 Å². The van der Waals surface area contributed by atoms with Crippen LogP contribution in [-0.2, 0) is 0 Å². The summed E-state index contributed by atoms with van der Waals surface area (Å²) in [5, 5.41) is 6.84. The van der Waals surface area contributed by atoms with E-state index in [0.29, 0.717) is 17.6 Å². The molecule has 0 unspecified atom stereocenters. The number of hydrogen-bond donors (Lipinski definition) is 0. The van der Waals surface area contributed by atoms with Crippen molar-refractivity contribution in [2.75, 3.05) is 0 Å². The molecule has 0 fully saturated rings. The molecule has 53 heavy (non-hydrogen) atoms. The highest BCUT2D eigenvalue weighted by Crippen LogP contribution is 2.41. The largest absolute Gasteiger partial charge is 0.455 e. The number of furan rings is 1. The lowest BCUT2D eigenvalue weighted by atomic mass is 9.60. The van der Waals surface area contributed by atoms with Gasteiger partial charge in [-0.05, 0) is 52.2 Å². The van der Waals surface area contributed by atoms with Crippen LogP contribution in [-0.4, -0.2) is 58.8 Å². The second-order valence-electron chi connectivity index (χ2n) is 14.2. The van der Waals surface area contributed by atoms with Crippen LogP contribution in [0, 0.1) is 0 Å². The molecule has 7 aromatic carbocycles. The summed E-state index contributed by atoms with van der Waals surface area (Å²) in [7, 11) is 11.0. The predicted molar refractivity (Wildman–Crippen MR) is 236 cm³/mol. The number of rotatable bonds is 4. The minimum Gasteiger partial charge on any atom is -0.455 e. The molecule has 3 heterocycles. The maximum atomic E-state index is 6.80. The van der Waals surface area contributed by atoms with Crippen molar-refractivity contribution in [3.05, 3.63) is 127 Å². The first kappa shape index (κ1) is 31.5. The Morgan fingerprint density at radius 3 is 1.79 bits per heavy atom. The summed E-state index contributed by atoms with van der Waals surface area (Å²) in [6.07, 6.45) is 0. The highest BCUT2D eigenvalue weighted by molar-refractivity contribution is 6.68. The lowest BCUT2D eigenvalue weighted by Crippen LogP contribution is -2.55. The van der Waals surface area contributed by atoms with Crippen LogP contribution in [0.5, 0.6) is 0 Å². The summed E-state index contributed by atoms with van der Waals surface area (Å²) in [6.45, 7) is 0. The topological polar surface area (TPSA) is 56.7 Å². The monoisotopic (exact) mass is 674 g/mol. The van der Waals surface area contributed by atoms with Gasteiger partial charge in [-0.3, -0.25) is 4.57 Å². The van der Waals surface area contributed by atoms with Gasteiger partial charge in [-0.25, -0.2) is 4.98 Å². The van der Waals surface area contributed by atoms with E-state index in [1.165, 1.54) is 38.1 Å². The third-order valence-corrected chi connectivity index (χ3v) is 11.5. The maximum absolute atomic E-state index is 6.80. The van der Waals surface area contributed by atoms with Crippen LogP contribution in [0.2, 0.25) is 0 Å². The van der Waals surface area contributed by atoms with Crippen LogP contribution in [0.3, 0.4) is 0 Å². The van der Waals surface area contributed by atoms with E-state index in [-0.39, 0.29) is 0 Å². The molecule has 0 aliphatic rings. The molecule has 10 rings (SSSR count). The van der Waals surface area contributed by atoms with Gasteiger partial charge in [-0.15, -0.1) is 16.4 Å². The second-order valence-corrected chi connectivity index (χ2v) is 14.2. The van der Waals surface area contributed by atoms with Crippen molar-refractivity contribution in [2.24, 2.45) is 0 Å². The Balaban J connectivity index is 1.27. The number of aromatic nitrogens is 4. The van der Waals surface area contributed by atoms with Crippen LogP contribution in [0.4, 0.5) is 0 Å². The molecule has 0 aliphatic heterocycles.